The Morgan fingerprint density at radius 2 is 1.76 bits per heavy atom. The summed E-state index contributed by atoms with van der Waals surface area (Å²) in [5.74, 6) is -3.68. The molecule has 0 aliphatic carbocycles. The highest BCUT2D eigenvalue weighted by atomic mass is 19.1. The Morgan fingerprint density at radius 3 is 2.38 bits per heavy atom. The fraction of sp³-hybridized carbons (Fsp3) is 0.0667. The predicted octanol–water partition coefficient (Wildman–Crippen LogP) is 2.94. The minimum Gasteiger partial charge on any atom is -0.478 e. The molecule has 4 nitrogen and oxygen atoms in total. The molecule has 0 atom stereocenters. The maximum atomic E-state index is 14.1. The maximum absolute atomic E-state index is 14.1. The number of carbonyl (C=O) groups excluding carboxylic acids is 1. The topological polar surface area (TPSA) is 57.6 Å². The number of carboxylic acids is 1. The van der Waals surface area contributed by atoms with Crippen LogP contribution < -0.4 is 4.90 Å². The van der Waals surface area contributed by atoms with Crippen LogP contribution in [-0.2, 0) is 0 Å². The number of hydrogen-bond acceptors (Lipinski definition) is 2. The van der Waals surface area contributed by atoms with Crippen LogP contribution in [0.25, 0.3) is 0 Å². The van der Waals surface area contributed by atoms with Gasteiger partial charge in [-0.1, -0.05) is 12.1 Å². The molecule has 21 heavy (non-hydrogen) atoms. The molecule has 6 heteroatoms. The van der Waals surface area contributed by atoms with E-state index in [0.717, 1.165) is 17.0 Å². The molecule has 0 radical (unpaired) electrons. The lowest BCUT2D eigenvalue weighted by atomic mass is 10.1. The van der Waals surface area contributed by atoms with E-state index in [9.17, 15) is 18.4 Å². The number of carboxylic acid groups (broad SMARTS) is 1. The van der Waals surface area contributed by atoms with Crippen molar-refractivity contribution in [3.05, 3.63) is 65.2 Å². The number of benzene rings is 2. The molecule has 2 rings (SSSR count). The number of aromatic carboxylic acids is 1. The summed E-state index contributed by atoms with van der Waals surface area (Å²) >= 11 is 0. The normalized spacial score (nSPS) is 10.2. The summed E-state index contributed by atoms with van der Waals surface area (Å²) in [5.41, 5.74) is -0.687. The van der Waals surface area contributed by atoms with Crippen LogP contribution in [0.15, 0.2) is 42.5 Å². The van der Waals surface area contributed by atoms with E-state index in [2.05, 4.69) is 0 Å². The molecule has 2 aromatic rings. The number of carbonyl (C=O) groups is 2. The van der Waals surface area contributed by atoms with Gasteiger partial charge in [-0.2, -0.15) is 0 Å². The summed E-state index contributed by atoms with van der Waals surface area (Å²) in [6.45, 7) is 0. The van der Waals surface area contributed by atoms with Crippen LogP contribution in [0.3, 0.4) is 0 Å². The maximum Gasteiger partial charge on any atom is 0.338 e. The molecule has 108 valence electrons. The van der Waals surface area contributed by atoms with Crippen molar-refractivity contribution in [3.63, 3.8) is 0 Å². The standard InChI is InChI=1S/C15H11F2NO3/c1-18(14(19)9-4-2-5-10(16)8-9)12-7-3-6-11(13(12)17)15(20)21/h2-8H,1H3,(H,20,21). The zero-order valence-corrected chi connectivity index (χ0v) is 11.0. The Kier molecular flexibility index (Phi) is 3.98. The SMILES string of the molecule is CN(C(=O)c1cccc(F)c1)c1cccc(C(=O)O)c1F. The van der Waals surface area contributed by atoms with Crippen molar-refractivity contribution in [2.45, 2.75) is 0 Å². The molecule has 0 saturated heterocycles. The van der Waals surface area contributed by atoms with Crippen molar-refractivity contribution in [1.82, 2.24) is 0 Å². The molecule has 0 aliphatic rings. The molecule has 0 heterocycles. The minimum atomic E-state index is -1.43. The van der Waals surface area contributed by atoms with Gasteiger partial charge in [-0.15, -0.1) is 0 Å². The third-order valence-electron chi connectivity index (χ3n) is 2.95. The zero-order valence-electron chi connectivity index (χ0n) is 11.0. The van der Waals surface area contributed by atoms with Gasteiger partial charge in [0.15, 0.2) is 5.82 Å². The predicted molar refractivity (Wildman–Crippen MR) is 72.5 cm³/mol. The molecular weight excluding hydrogens is 280 g/mol. The van der Waals surface area contributed by atoms with E-state index in [1.165, 1.54) is 37.4 Å². The van der Waals surface area contributed by atoms with E-state index in [-0.39, 0.29) is 11.3 Å². The summed E-state index contributed by atoms with van der Waals surface area (Å²) in [6, 6.07) is 8.67. The third kappa shape index (κ3) is 2.89. The van der Waals surface area contributed by atoms with Gasteiger partial charge in [0.2, 0.25) is 0 Å². The fourth-order valence-corrected chi connectivity index (χ4v) is 1.87. The Bertz CT molecular complexity index is 716. The lowest BCUT2D eigenvalue weighted by Crippen LogP contribution is -2.27. The first-order valence-electron chi connectivity index (χ1n) is 5.97. The number of halogens is 2. The zero-order chi connectivity index (χ0) is 15.6. The van der Waals surface area contributed by atoms with E-state index in [0.29, 0.717) is 0 Å². The van der Waals surface area contributed by atoms with E-state index in [4.69, 9.17) is 5.11 Å². The Balaban J connectivity index is 2.40. The number of rotatable bonds is 3. The quantitative estimate of drug-likeness (QED) is 0.946. The summed E-state index contributed by atoms with van der Waals surface area (Å²) in [7, 11) is 1.29. The molecule has 1 N–H and O–H groups in total. The molecule has 0 saturated carbocycles. The van der Waals surface area contributed by atoms with E-state index < -0.39 is 29.1 Å². The van der Waals surface area contributed by atoms with Gasteiger partial charge in [0.25, 0.3) is 5.91 Å². The van der Waals surface area contributed by atoms with E-state index in [1.807, 2.05) is 0 Å². The van der Waals surface area contributed by atoms with Crippen LogP contribution >= 0.6 is 0 Å². The molecule has 1 amide bonds. The second-order valence-electron chi connectivity index (χ2n) is 4.32. The molecule has 0 aliphatic heterocycles. The van der Waals surface area contributed by atoms with Gasteiger partial charge < -0.3 is 10.0 Å². The van der Waals surface area contributed by atoms with Crippen LogP contribution in [0.4, 0.5) is 14.5 Å². The van der Waals surface area contributed by atoms with Gasteiger partial charge in [-0.05, 0) is 30.3 Å². The number of hydrogen-bond donors (Lipinski definition) is 1. The molecule has 0 bridgehead atoms. The average molecular weight is 291 g/mol. The fourth-order valence-electron chi connectivity index (χ4n) is 1.87. The lowest BCUT2D eigenvalue weighted by molar-refractivity contribution is 0.0691. The first-order valence-corrected chi connectivity index (χ1v) is 5.97. The summed E-state index contributed by atoms with van der Waals surface area (Å²) in [6.07, 6.45) is 0. The van der Waals surface area contributed by atoms with Crippen LogP contribution in [0.5, 0.6) is 0 Å². The smallest absolute Gasteiger partial charge is 0.338 e. The van der Waals surface area contributed by atoms with Crippen molar-refractivity contribution in [3.8, 4) is 0 Å². The van der Waals surface area contributed by atoms with Crippen molar-refractivity contribution >= 4 is 17.6 Å². The minimum absolute atomic E-state index is 0.0395. The van der Waals surface area contributed by atoms with Gasteiger partial charge >= 0.3 is 5.97 Å². The number of anilines is 1. The average Bonchev–Trinajstić information content (AvgIpc) is 2.45. The highest BCUT2D eigenvalue weighted by Crippen LogP contribution is 2.23. The van der Waals surface area contributed by atoms with Crippen LogP contribution in [0.1, 0.15) is 20.7 Å². The van der Waals surface area contributed by atoms with Crippen LogP contribution in [0.2, 0.25) is 0 Å². The highest BCUT2D eigenvalue weighted by molar-refractivity contribution is 6.06. The molecule has 0 unspecified atom stereocenters. The summed E-state index contributed by atoms with van der Waals surface area (Å²) in [5, 5.41) is 8.87. The summed E-state index contributed by atoms with van der Waals surface area (Å²) in [4.78, 5) is 24.0. The van der Waals surface area contributed by atoms with Gasteiger partial charge in [-0.3, -0.25) is 4.79 Å². The van der Waals surface area contributed by atoms with E-state index in [1.54, 1.807) is 0 Å². The Hall–Kier alpha value is -2.76. The van der Waals surface area contributed by atoms with Crippen LogP contribution in [-0.4, -0.2) is 24.0 Å². The first kappa shape index (κ1) is 14.6. The summed E-state index contributed by atoms with van der Waals surface area (Å²) < 4.78 is 27.2. The second-order valence-corrected chi connectivity index (χ2v) is 4.32. The Morgan fingerprint density at radius 1 is 1.10 bits per heavy atom. The van der Waals surface area contributed by atoms with Crippen molar-refractivity contribution < 1.29 is 23.5 Å². The number of nitrogens with zero attached hydrogens (tertiary/aromatic N) is 1. The van der Waals surface area contributed by atoms with Crippen molar-refractivity contribution in [2.24, 2.45) is 0 Å². The van der Waals surface area contributed by atoms with Gasteiger partial charge in [-0.25, -0.2) is 13.6 Å². The monoisotopic (exact) mass is 291 g/mol. The molecule has 0 spiro atoms. The van der Waals surface area contributed by atoms with Crippen molar-refractivity contribution in [1.29, 1.82) is 0 Å². The highest BCUT2D eigenvalue weighted by Gasteiger charge is 2.21. The Labute approximate surface area is 119 Å². The van der Waals surface area contributed by atoms with Crippen molar-refractivity contribution in [2.75, 3.05) is 11.9 Å². The largest absolute Gasteiger partial charge is 0.478 e. The first-order chi connectivity index (χ1) is 9.91. The van der Waals surface area contributed by atoms with Gasteiger partial charge in [0.05, 0.1) is 11.3 Å². The van der Waals surface area contributed by atoms with Gasteiger partial charge in [0, 0.05) is 12.6 Å². The third-order valence-corrected chi connectivity index (χ3v) is 2.95. The molecule has 0 aromatic heterocycles. The van der Waals surface area contributed by atoms with Gasteiger partial charge in [0.1, 0.15) is 5.82 Å². The molecular formula is C15H11F2NO3. The second kappa shape index (κ2) is 5.70. The van der Waals surface area contributed by atoms with E-state index >= 15 is 0 Å². The van der Waals surface area contributed by atoms with Crippen LogP contribution in [0, 0.1) is 11.6 Å². The molecule has 0 fully saturated rings. The number of amides is 1. The molecule has 2 aromatic carbocycles. The lowest BCUT2D eigenvalue weighted by Gasteiger charge is -2.18.